The van der Waals surface area contributed by atoms with E-state index in [-0.39, 0.29) is 23.6 Å². The van der Waals surface area contributed by atoms with Crippen molar-refractivity contribution in [2.24, 2.45) is 0 Å². The molecular formula is C22H20ClN5O3S. The number of aromatic nitrogens is 2. The number of anilines is 3. The van der Waals surface area contributed by atoms with Gasteiger partial charge in [-0.3, -0.25) is 19.7 Å². The number of benzene rings is 2. The summed E-state index contributed by atoms with van der Waals surface area (Å²) in [6.45, 7) is 2.26. The van der Waals surface area contributed by atoms with Crippen molar-refractivity contribution < 1.29 is 14.4 Å². The number of carbonyl (C=O) groups is 3. The zero-order chi connectivity index (χ0) is 22.7. The maximum Gasteiger partial charge on any atom is 0.257 e. The van der Waals surface area contributed by atoms with E-state index in [1.54, 1.807) is 48.2 Å². The first-order valence-electron chi connectivity index (χ1n) is 10.0. The zero-order valence-electron chi connectivity index (χ0n) is 17.2. The molecule has 1 fully saturated rings. The number of rotatable bonds is 6. The molecule has 2 aromatic carbocycles. The highest BCUT2D eigenvalue weighted by Crippen LogP contribution is 2.34. The van der Waals surface area contributed by atoms with E-state index in [1.165, 1.54) is 11.3 Å². The molecule has 8 nitrogen and oxygen atoms in total. The van der Waals surface area contributed by atoms with Crippen LogP contribution in [-0.4, -0.2) is 34.5 Å². The Morgan fingerprint density at radius 3 is 2.50 bits per heavy atom. The molecule has 1 atom stereocenters. The van der Waals surface area contributed by atoms with Crippen molar-refractivity contribution in [2.75, 3.05) is 22.1 Å². The van der Waals surface area contributed by atoms with Gasteiger partial charge in [0.2, 0.25) is 16.9 Å². The fourth-order valence-electron chi connectivity index (χ4n) is 3.32. The fourth-order valence-corrected chi connectivity index (χ4v) is 4.27. The molecule has 2 N–H and O–H groups in total. The van der Waals surface area contributed by atoms with Gasteiger partial charge >= 0.3 is 0 Å². The second kappa shape index (κ2) is 9.46. The number of halogens is 1. The molecule has 1 aliphatic heterocycles. The summed E-state index contributed by atoms with van der Waals surface area (Å²) in [6, 6.07) is 13.7. The van der Waals surface area contributed by atoms with Crippen molar-refractivity contribution in [2.45, 2.75) is 25.7 Å². The van der Waals surface area contributed by atoms with Crippen molar-refractivity contribution in [3.63, 3.8) is 0 Å². The number of hydrogen-bond acceptors (Lipinski definition) is 6. The highest BCUT2D eigenvalue weighted by Gasteiger charge is 2.34. The average Bonchev–Trinajstić information content (AvgIpc) is 3.41. The highest BCUT2D eigenvalue weighted by atomic mass is 35.5. The quantitative estimate of drug-likeness (QED) is 0.559. The number of carbonyl (C=O) groups excluding carboxylic acids is 3. The van der Waals surface area contributed by atoms with Gasteiger partial charge in [0, 0.05) is 47.3 Å². The smallest absolute Gasteiger partial charge is 0.257 e. The molecule has 3 aromatic rings. The average molecular weight is 470 g/mol. The third-order valence-corrected chi connectivity index (χ3v) is 6.28. The molecule has 32 heavy (non-hydrogen) atoms. The van der Waals surface area contributed by atoms with Gasteiger partial charge in [0.25, 0.3) is 5.91 Å². The molecule has 0 bridgehead atoms. The maximum absolute atomic E-state index is 12.5. The van der Waals surface area contributed by atoms with E-state index in [0.29, 0.717) is 45.8 Å². The van der Waals surface area contributed by atoms with Crippen LogP contribution >= 0.6 is 22.9 Å². The number of hydrogen-bond donors (Lipinski definition) is 2. The largest absolute Gasteiger partial charge is 0.326 e. The van der Waals surface area contributed by atoms with Gasteiger partial charge in [0.1, 0.15) is 5.01 Å². The molecule has 3 amide bonds. The van der Waals surface area contributed by atoms with Gasteiger partial charge in [-0.05, 0) is 48.5 Å². The van der Waals surface area contributed by atoms with E-state index in [0.717, 1.165) is 5.69 Å². The first kappa shape index (κ1) is 21.9. The fraction of sp³-hybridized carbons (Fsp3) is 0.227. The summed E-state index contributed by atoms with van der Waals surface area (Å²) in [7, 11) is 0. The van der Waals surface area contributed by atoms with Gasteiger partial charge in [-0.1, -0.05) is 29.9 Å². The Morgan fingerprint density at radius 2 is 1.81 bits per heavy atom. The van der Waals surface area contributed by atoms with Crippen LogP contribution in [0, 0.1) is 0 Å². The second-order valence-corrected chi connectivity index (χ2v) is 8.71. The summed E-state index contributed by atoms with van der Waals surface area (Å²) in [5.41, 5.74) is 1.85. The van der Waals surface area contributed by atoms with Crippen LogP contribution in [0.25, 0.3) is 0 Å². The topological polar surface area (TPSA) is 104 Å². The Morgan fingerprint density at radius 1 is 1.09 bits per heavy atom. The van der Waals surface area contributed by atoms with E-state index >= 15 is 0 Å². The first-order valence-corrected chi connectivity index (χ1v) is 11.2. The van der Waals surface area contributed by atoms with Crippen molar-refractivity contribution in [1.29, 1.82) is 0 Å². The van der Waals surface area contributed by atoms with Crippen molar-refractivity contribution in [1.82, 2.24) is 10.2 Å². The van der Waals surface area contributed by atoms with Crippen LogP contribution in [0.2, 0.25) is 5.02 Å². The van der Waals surface area contributed by atoms with Gasteiger partial charge in [0.15, 0.2) is 0 Å². The SMILES string of the molecule is CCC(=O)Nc1ccc(C(=O)Nc2nnc(C3CC(=O)N(c4ccc(Cl)cc4)C3)s2)cc1. The van der Waals surface area contributed by atoms with Gasteiger partial charge in [-0.15, -0.1) is 10.2 Å². The molecule has 0 saturated carbocycles. The van der Waals surface area contributed by atoms with Crippen LogP contribution in [0.15, 0.2) is 48.5 Å². The molecule has 0 radical (unpaired) electrons. The number of amides is 3. The minimum Gasteiger partial charge on any atom is -0.326 e. The second-order valence-electron chi connectivity index (χ2n) is 7.26. The molecule has 0 spiro atoms. The van der Waals surface area contributed by atoms with Gasteiger partial charge < -0.3 is 10.2 Å². The Labute approximate surface area is 193 Å². The predicted molar refractivity (Wildman–Crippen MR) is 124 cm³/mol. The Bertz CT molecular complexity index is 1150. The molecule has 10 heteroatoms. The highest BCUT2D eigenvalue weighted by molar-refractivity contribution is 7.15. The first-order chi connectivity index (χ1) is 15.4. The van der Waals surface area contributed by atoms with Crippen molar-refractivity contribution in [3.05, 3.63) is 64.1 Å². The zero-order valence-corrected chi connectivity index (χ0v) is 18.7. The Kier molecular flexibility index (Phi) is 6.48. The lowest BCUT2D eigenvalue weighted by Gasteiger charge is -2.16. The van der Waals surface area contributed by atoms with Crippen LogP contribution in [-0.2, 0) is 9.59 Å². The van der Waals surface area contributed by atoms with Crippen molar-refractivity contribution >= 4 is 57.2 Å². The summed E-state index contributed by atoms with van der Waals surface area (Å²) in [5, 5.41) is 15.4. The Hall–Kier alpha value is -3.30. The van der Waals surface area contributed by atoms with E-state index in [2.05, 4.69) is 20.8 Å². The van der Waals surface area contributed by atoms with E-state index in [9.17, 15) is 14.4 Å². The molecule has 1 saturated heterocycles. The summed E-state index contributed by atoms with van der Waals surface area (Å²) >= 11 is 7.19. The lowest BCUT2D eigenvalue weighted by Crippen LogP contribution is -2.24. The normalized spacial score (nSPS) is 15.6. The molecule has 1 aliphatic rings. The van der Waals surface area contributed by atoms with Crippen LogP contribution in [0.3, 0.4) is 0 Å². The third-order valence-electron chi connectivity index (χ3n) is 5.03. The summed E-state index contributed by atoms with van der Waals surface area (Å²) in [4.78, 5) is 38.2. The standard InChI is InChI=1S/C22H20ClN5O3S/c1-2-18(29)24-16-7-3-13(4-8-16)20(31)25-22-27-26-21(32-22)14-11-19(30)28(12-14)17-9-5-15(23)6-10-17/h3-10,14H,2,11-12H2,1H3,(H,24,29)(H,25,27,31). The molecule has 2 heterocycles. The molecule has 0 aliphatic carbocycles. The van der Waals surface area contributed by atoms with Crippen LogP contribution in [0.1, 0.15) is 41.0 Å². The predicted octanol–water partition coefficient (Wildman–Crippen LogP) is 4.31. The van der Waals surface area contributed by atoms with Crippen molar-refractivity contribution in [3.8, 4) is 0 Å². The molecule has 4 rings (SSSR count). The van der Waals surface area contributed by atoms with E-state index in [1.807, 2.05) is 12.1 Å². The van der Waals surface area contributed by atoms with E-state index in [4.69, 9.17) is 11.6 Å². The van der Waals surface area contributed by atoms with Gasteiger partial charge in [0.05, 0.1) is 0 Å². The molecule has 1 aromatic heterocycles. The lowest BCUT2D eigenvalue weighted by atomic mass is 10.1. The minimum absolute atomic E-state index is 0.00774. The van der Waals surface area contributed by atoms with Crippen LogP contribution in [0.4, 0.5) is 16.5 Å². The number of nitrogens with zero attached hydrogens (tertiary/aromatic N) is 3. The Balaban J connectivity index is 1.38. The molecule has 1 unspecified atom stereocenters. The van der Waals surface area contributed by atoms with Crippen LogP contribution < -0.4 is 15.5 Å². The molecular weight excluding hydrogens is 450 g/mol. The third kappa shape index (κ3) is 4.95. The monoisotopic (exact) mass is 469 g/mol. The minimum atomic E-state index is -0.327. The lowest BCUT2D eigenvalue weighted by molar-refractivity contribution is -0.117. The summed E-state index contributed by atoms with van der Waals surface area (Å²) in [5.74, 6) is -0.508. The van der Waals surface area contributed by atoms with Gasteiger partial charge in [-0.25, -0.2) is 0 Å². The summed E-state index contributed by atoms with van der Waals surface area (Å²) in [6.07, 6.45) is 0.710. The number of nitrogens with one attached hydrogen (secondary N) is 2. The van der Waals surface area contributed by atoms with Gasteiger partial charge in [-0.2, -0.15) is 0 Å². The van der Waals surface area contributed by atoms with E-state index < -0.39 is 0 Å². The summed E-state index contributed by atoms with van der Waals surface area (Å²) < 4.78 is 0. The van der Waals surface area contributed by atoms with Crippen LogP contribution in [0.5, 0.6) is 0 Å². The molecule has 164 valence electrons. The maximum atomic E-state index is 12.5.